The first-order valence-corrected chi connectivity index (χ1v) is 6.08. The van der Waals surface area contributed by atoms with Gasteiger partial charge in [0, 0.05) is 5.92 Å². The highest BCUT2D eigenvalue weighted by molar-refractivity contribution is 5.77. The van der Waals surface area contributed by atoms with E-state index in [2.05, 4.69) is 0 Å². The van der Waals surface area contributed by atoms with E-state index in [1.54, 1.807) is 20.8 Å². The Kier molecular flexibility index (Phi) is 14.9. The zero-order valence-corrected chi connectivity index (χ0v) is 13.3. The number of ketones is 1. The van der Waals surface area contributed by atoms with Crippen LogP contribution in [-0.4, -0.2) is 10.9 Å². The lowest BCUT2D eigenvalue weighted by Gasteiger charge is -2.03. The van der Waals surface area contributed by atoms with Crippen LogP contribution in [0, 0.1) is 5.92 Å². The first-order valence-electron chi connectivity index (χ1n) is 6.08. The van der Waals surface area contributed by atoms with Crippen LogP contribution < -0.4 is 5.11 Å². The molecule has 108 valence electrons. The Morgan fingerprint density at radius 3 is 1.11 bits per heavy atom. The third-order valence-electron chi connectivity index (χ3n) is 2.24. The van der Waals surface area contributed by atoms with Crippen molar-refractivity contribution in [2.24, 2.45) is 5.92 Å². The molecule has 0 fully saturated rings. The molecule has 0 aliphatic rings. The molecule has 3 heteroatoms. The average molecular weight is 259 g/mol. The molecule has 0 atom stereocenters. The summed E-state index contributed by atoms with van der Waals surface area (Å²) >= 11 is 0. The average Bonchev–Trinajstić information content (AvgIpc) is 2.18. The maximum absolute atomic E-state index is 10.1. The van der Waals surface area contributed by atoms with Crippen LogP contribution in [0.25, 0.3) is 0 Å². The smallest absolute Gasteiger partial charge is 0.876 e. The van der Waals surface area contributed by atoms with Crippen LogP contribution in [0.1, 0.15) is 65.2 Å². The topological polar surface area (TPSA) is 60.4 Å². The fourth-order valence-electron chi connectivity index (χ4n) is 0. The fourth-order valence-corrected chi connectivity index (χ4v) is 0. The Labute approximate surface area is 115 Å². The SMILES string of the molecule is CC(=O)C(C)C.CC(C)=C(C)O.CC(C)=C(C)[O-].[H+].[H+]. The second kappa shape index (κ2) is 12.2. The molecule has 0 radical (unpaired) electrons. The molecule has 0 aromatic carbocycles. The maximum Gasteiger partial charge on any atom is 1.00 e. The summed E-state index contributed by atoms with van der Waals surface area (Å²) in [4.78, 5) is 10.1. The second-order valence-electron chi connectivity index (χ2n) is 4.91. The Bertz CT molecular complexity index is 248. The van der Waals surface area contributed by atoms with E-state index >= 15 is 0 Å². The van der Waals surface area contributed by atoms with Gasteiger partial charge in [0.15, 0.2) is 0 Å². The highest BCUT2D eigenvalue weighted by Gasteiger charge is 1.95. The van der Waals surface area contributed by atoms with Gasteiger partial charge in [-0.25, -0.2) is 0 Å². The van der Waals surface area contributed by atoms with Crippen molar-refractivity contribution in [3.63, 3.8) is 0 Å². The molecule has 3 nitrogen and oxygen atoms in total. The van der Waals surface area contributed by atoms with Crippen molar-refractivity contribution in [1.82, 2.24) is 0 Å². The van der Waals surface area contributed by atoms with Crippen molar-refractivity contribution >= 4 is 5.78 Å². The largest absolute Gasteiger partial charge is 1.00 e. The number of Topliss-reactive ketones (excluding diaryl/α,β-unsaturated/α-hetero) is 1. The van der Waals surface area contributed by atoms with Gasteiger partial charge >= 0.3 is 2.85 Å². The Morgan fingerprint density at radius 2 is 1.11 bits per heavy atom. The van der Waals surface area contributed by atoms with Crippen molar-refractivity contribution in [2.75, 3.05) is 0 Å². The summed E-state index contributed by atoms with van der Waals surface area (Å²) in [6.45, 7) is 16.0. The molecule has 0 aromatic heterocycles. The number of allylic oxidation sites excluding steroid dienone is 4. The number of aliphatic hydroxyl groups excluding tert-OH is 1. The molecule has 0 saturated carbocycles. The van der Waals surface area contributed by atoms with Crippen LogP contribution in [0.4, 0.5) is 0 Å². The van der Waals surface area contributed by atoms with Crippen LogP contribution in [0.5, 0.6) is 0 Å². The molecule has 0 aliphatic carbocycles. The van der Waals surface area contributed by atoms with Crippen LogP contribution in [0.3, 0.4) is 0 Å². The van der Waals surface area contributed by atoms with E-state index in [4.69, 9.17) is 5.11 Å². The summed E-state index contributed by atoms with van der Waals surface area (Å²) in [6, 6.07) is 0. The van der Waals surface area contributed by atoms with Crippen LogP contribution in [0.2, 0.25) is 0 Å². The summed E-state index contributed by atoms with van der Waals surface area (Å²) in [5.41, 5.74) is 1.85. The first-order chi connectivity index (χ1) is 7.93. The van der Waals surface area contributed by atoms with Crippen molar-refractivity contribution in [3.05, 3.63) is 22.7 Å². The van der Waals surface area contributed by atoms with Gasteiger partial charge in [0.1, 0.15) is 5.78 Å². The second-order valence-corrected chi connectivity index (χ2v) is 4.91. The third kappa shape index (κ3) is 24.1. The van der Waals surface area contributed by atoms with Gasteiger partial charge in [-0.05, 0) is 47.1 Å². The van der Waals surface area contributed by atoms with Crippen molar-refractivity contribution in [2.45, 2.75) is 62.3 Å². The predicted octanol–water partition coefficient (Wildman–Crippen LogP) is 3.98. The molecule has 0 saturated heterocycles. The number of hydrogen-bond donors (Lipinski definition) is 1. The molecule has 0 aliphatic heterocycles. The van der Waals surface area contributed by atoms with E-state index in [0.29, 0.717) is 5.76 Å². The van der Waals surface area contributed by atoms with Crippen molar-refractivity contribution in [3.8, 4) is 0 Å². The zero-order chi connectivity index (χ0) is 15.5. The van der Waals surface area contributed by atoms with Gasteiger partial charge in [-0.3, -0.25) is 4.79 Å². The Balaban J connectivity index is -0.0000000536. The number of carbonyl (C=O) groups is 1. The summed E-state index contributed by atoms with van der Waals surface area (Å²) in [7, 11) is 0. The molecular formula is C15H31O3+. The van der Waals surface area contributed by atoms with E-state index in [1.807, 2.05) is 41.5 Å². The summed E-state index contributed by atoms with van der Waals surface area (Å²) in [5, 5.41) is 18.6. The molecule has 0 amide bonds. The lowest BCUT2D eigenvalue weighted by molar-refractivity contribution is -0.303. The first kappa shape index (κ1) is 22.0. The van der Waals surface area contributed by atoms with Gasteiger partial charge in [-0.15, -0.1) is 5.76 Å². The number of hydrogen-bond acceptors (Lipinski definition) is 3. The molecule has 0 rings (SSSR count). The third-order valence-corrected chi connectivity index (χ3v) is 2.24. The lowest BCUT2D eigenvalue weighted by Crippen LogP contribution is -1.98. The van der Waals surface area contributed by atoms with Gasteiger partial charge in [0.05, 0.1) is 5.76 Å². The number of rotatable bonds is 1. The van der Waals surface area contributed by atoms with E-state index in [-0.39, 0.29) is 20.3 Å². The molecule has 0 unspecified atom stereocenters. The van der Waals surface area contributed by atoms with Crippen molar-refractivity contribution in [1.29, 1.82) is 0 Å². The maximum atomic E-state index is 10.1. The monoisotopic (exact) mass is 259 g/mol. The molecule has 0 heterocycles. The van der Waals surface area contributed by atoms with E-state index in [9.17, 15) is 9.90 Å². The zero-order valence-electron chi connectivity index (χ0n) is 15.3. The minimum atomic E-state index is 0. The predicted molar refractivity (Wildman–Crippen MR) is 78.5 cm³/mol. The molecule has 0 aromatic rings. The van der Waals surface area contributed by atoms with Crippen LogP contribution >= 0.6 is 0 Å². The summed E-state index contributed by atoms with van der Waals surface area (Å²) in [5.74, 6) is 1.07. The van der Waals surface area contributed by atoms with E-state index in [1.165, 1.54) is 0 Å². The number of carbonyl (C=O) groups excluding carboxylic acids is 1. The van der Waals surface area contributed by atoms with Crippen molar-refractivity contribution < 1.29 is 17.9 Å². The quantitative estimate of drug-likeness (QED) is 0.725. The number of aliphatic hydroxyl groups is 1. The highest BCUT2D eigenvalue weighted by Crippen LogP contribution is 1.93. The molecule has 18 heavy (non-hydrogen) atoms. The minimum Gasteiger partial charge on any atom is -0.876 e. The van der Waals surface area contributed by atoms with E-state index < -0.39 is 0 Å². The van der Waals surface area contributed by atoms with Gasteiger partial charge in [-0.2, -0.15) is 0 Å². The molecule has 0 spiro atoms. The van der Waals surface area contributed by atoms with E-state index in [0.717, 1.165) is 11.1 Å². The lowest BCUT2D eigenvalue weighted by atomic mass is 10.1. The standard InChI is InChI=1S/3C5H10O/c3*1-4(2)5(3)6/h2*6H,1-3H3;4H,1-3H3/p+1. The molecular weight excluding hydrogens is 228 g/mol. The summed E-state index contributed by atoms with van der Waals surface area (Å²) in [6.07, 6.45) is 0. The van der Waals surface area contributed by atoms with Crippen LogP contribution in [0.15, 0.2) is 22.7 Å². The Hall–Kier alpha value is -1.25. The minimum absolute atomic E-state index is 0. The molecule has 0 bridgehead atoms. The molecule has 1 N–H and O–H groups in total. The van der Waals surface area contributed by atoms with Gasteiger partial charge in [0.25, 0.3) is 0 Å². The summed E-state index contributed by atoms with van der Waals surface area (Å²) < 4.78 is 0. The normalized spacial score (nSPS) is 8.33. The highest BCUT2D eigenvalue weighted by atomic mass is 16.3. The fraction of sp³-hybridized carbons (Fsp3) is 0.667. The Morgan fingerprint density at radius 1 is 0.944 bits per heavy atom. The van der Waals surface area contributed by atoms with Gasteiger partial charge < -0.3 is 10.2 Å². The van der Waals surface area contributed by atoms with Gasteiger partial charge in [-0.1, -0.05) is 26.3 Å². The van der Waals surface area contributed by atoms with Crippen LogP contribution in [-0.2, 0) is 4.79 Å². The van der Waals surface area contributed by atoms with Gasteiger partial charge in [0.2, 0.25) is 0 Å².